The summed E-state index contributed by atoms with van der Waals surface area (Å²) in [6.45, 7) is 1.98. The molecule has 0 unspecified atom stereocenters. The quantitative estimate of drug-likeness (QED) is 0.308. The number of ether oxygens (including phenoxy) is 1. The molecule has 0 atom stereocenters. The SMILES string of the molecule is CCOC(=O)C=C(c1ccccc1)n1cnc2ccc([N+](=O)[O-])cc21. The third kappa shape index (κ3) is 3.40. The number of fused-ring (bicyclic) bond motifs is 1. The third-order valence-electron chi connectivity index (χ3n) is 3.61. The van der Waals surface area contributed by atoms with Gasteiger partial charge in [-0.15, -0.1) is 0 Å². The van der Waals surface area contributed by atoms with E-state index in [2.05, 4.69) is 4.98 Å². The summed E-state index contributed by atoms with van der Waals surface area (Å²) in [6, 6.07) is 13.6. The second-order valence-corrected chi connectivity index (χ2v) is 5.19. The van der Waals surface area contributed by atoms with E-state index in [1.807, 2.05) is 30.3 Å². The molecule has 0 aliphatic rings. The highest BCUT2D eigenvalue weighted by Crippen LogP contribution is 2.26. The Hall–Kier alpha value is -3.48. The standard InChI is InChI=1S/C18H15N3O4/c1-2-25-18(22)11-16(13-6-4-3-5-7-13)20-12-19-15-9-8-14(21(23)24)10-17(15)20/h3-12H,2H2,1H3. The Morgan fingerprint density at radius 1 is 1.28 bits per heavy atom. The van der Waals surface area contributed by atoms with Crippen LogP contribution in [0.3, 0.4) is 0 Å². The first-order valence-corrected chi connectivity index (χ1v) is 7.66. The maximum Gasteiger partial charge on any atom is 0.332 e. The zero-order chi connectivity index (χ0) is 17.8. The lowest BCUT2D eigenvalue weighted by atomic mass is 10.1. The van der Waals surface area contributed by atoms with Crippen molar-refractivity contribution in [2.24, 2.45) is 0 Å². The summed E-state index contributed by atoms with van der Waals surface area (Å²) in [5, 5.41) is 11.1. The van der Waals surface area contributed by atoms with Gasteiger partial charge in [0.05, 0.1) is 28.3 Å². The predicted molar refractivity (Wildman–Crippen MR) is 92.8 cm³/mol. The number of nitro benzene ring substituents is 1. The van der Waals surface area contributed by atoms with E-state index in [9.17, 15) is 14.9 Å². The van der Waals surface area contributed by atoms with Crippen LogP contribution < -0.4 is 0 Å². The molecule has 7 nitrogen and oxygen atoms in total. The Morgan fingerprint density at radius 2 is 2.04 bits per heavy atom. The highest BCUT2D eigenvalue weighted by Gasteiger charge is 2.15. The van der Waals surface area contributed by atoms with E-state index in [0.29, 0.717) is 16.7 Å². The molecule has 0 N–H and O–H groups in total. The van der Waals surface area contributed by atoms with Gasteiger partial charge in [0.2, 0.25) is 0 Å². The third-order valence-corrected chi connectivity index (χ3v) is 3.61. The average molecular weight is 337 g/mol. The first-order chi connectivity index (χ1) is 12.1. The van der Waals surface area contributed by atoms with Crippen LogP contribution in [0.2, 0.25) is 0 Å². The Bertz CT molecular complexity index is 961. The van der Waals surface area contributed by atoms with E-state index in [0.717, 1.165) is 5.56 Å². The van der Waals surface area contributed by atoms with Crippen molar-refractivity contribution in [1.29, 1.82) is 0 Å². The fourth-order valence-corrected chi connectivity index (χ4v) is 2.50. The molecule has 0 bridgehead atoms. The molecule has 2 aromatic carbocycles. The van der Waals surface area contributed by atoms with Crippen LogP contribution in [0.25, 0.3) is 16.7 Å². The molecule has 0 radical (unpaired) electrons. The molecular weight excluding hydrogens is 322 g/mol. The first-order valence-electron chi connectivity index (χ1n) is 7.66. The van der Waals surface area contributed by atoms with Gasteiger partial charge < -0.3 is 4.74 Å². The number of esters is 1. The molecule has 0 saturated heterocycles. The van der Waals surface area contributed by atoms with Gasteiger partial charge in [0, 0.05) is 18.2 Å². The van der Waals surface area contributed by atoms with Crippen LogP contribution in [0, 0.1) is 10.1 Å². The minimum Gasteiger partial charge on any atom is -0.463 e. The van der Waals surface area contributed by atoms with Crippen LogP contribution in [0.1, 0.15) is 12.5 Å². The summed E-state index contributed by atoms with van der Waals surface area (Å²) in [6.07, 6.45) is 2.89. The minimum absolute atomic E-state index is 0.0437. The number of rotatable bonds is 5. The molecule has 1 heterocycles. The maximum absolute atomic E-state index is 12.0. The van der Waals surface area contributed by atoms with Gasteiger partial charge >= 0.3 is 5.97 Å². The monoisotopic (exact) mass is 337 g/mol. The fraction of sp³-hybridized carbons (Fsp3) is 0.111. The van der Waals surface area contributed by atoms with Crippen molar-refractivity contribution >= 4 is 28.4 Å². The molecule has 0 aliphatic carbocycles. The highest BCUT2D eigenvalue weighted by atomic mass is 16.6. The largest absolute Gasteiger partial charge is 0.463 e. The molecule has 3 aromatic rings. The number of imidazole rings is 1. The lowest BCUT2D eigenvalue weighted by Gasteiger charge is -2.10. The Labute approximate surface area is 143 Å². The zero-order valence-corrected chi connectivity index (χ0v) is 13.5. The normalized spacial score (nSPS) is 11.5. The number of nitro groups is 1. The fourth-order valence-electron chi connectivity index (χ4n) is 2.50. The van der Waals surface area contributed by atoms with Gasteiger partial charge in [0.15, 0.2) is 0 Å². The van der Waals surface area contributed by atoms with Gasteiger partial charge in [-0.1, -0.05) is 30.3 Å². The topological polar surface area (TPSA) is 87.3 Å². The van der Waals surface area contributed by atoms with Crippen molar-refractivity contribution < 1.29 is 14.5 Å². The number of nitrogens with zero attached hydrogens (tertiary/aromatic N) is 3. The molecule has 126 valence electrons. The molecule has 0 spiro atoms. The highest BCUT2D eigenvalue weighted by molar-refractivity contribution is 5.94. The number of carbonyl (C=O) groups excluding carboxylic acids is 1. The molecule has 0 amide bonds. The Kier molecular flexibility index (Phi) is 4.56. The van der Waals surface area contributed by atoms with Crippen molar-refractivity contribution in [2.75, 3.05) is 6.61 Å². The summed E-state index contributed by atoms with van der Waals surface area (Å²) in [5.74, 6) is -0.492. The summed E-state index contributed by atoms with van der Waals surface area (Å²) in [5.41, 5.74) is 2.38. The maximum atomic E-state index is 12.0. The van der Waals surface area contributed by atoms with Crippen LogP contribution in [-0.4, -0.2) is 27.1 Å². The van der Waals surface area contributed by atoms with Crippen LogP contribution >= 0.6 is 0 Å². The molecule has 1 aromatic heterocycles. The van der Waals surface area contributed by atoms with E-state index >= 15 is 0 Å². The smallest absolute Gasteiger partial charge is 0.332 e. The molecule has 0 fully saturated rings. The first kappa shape index (κ1) is 16.4. The van der Waals surface area contributed by atoms with Crippen LogP contribution in [0.4, 0.5) is 5.69 Å². The number of benzene rings is 2. The van der Waals surface area contributed by atoms with Gasteiger partial charge in [-0.3, -0.25) is 14.7 Å². The lowest BCUT2D eigenvalue weighted by molar-refractivity contribution is -0.384. The molecule has 7 heteroatoms. The van der Waals surface area contributed by atoms with E-state index in [4.69, 9.17) is 4.74 Å². The Balaban J connectivity index is 2.19. The van der Waals surface area contributed by atoms with Crippen molar-refractivity contribution in [3.05, 3.63) is 76.6 Å². The summed E-state index contributed by atoms with van der Waals surface area (Å²) in [4.78, 5) is 26.9. The minimum atomic E-state index is -0.492. The summed E-state index contributed by atoms with van der Waals surface area (Å²) < 4.78 is 6.66. The molecule has 0 aliphatic heterocycles. The van der Waals surface area contributed by atoms with Crippen molar-refractivity contribution in [3.8, 4) is 0 Å². The molecule has 0 saturated carbocycles. The molecule has 3 rings (SSSR count). The second kappa shape index (κ2) is 6.96. The number of non-ortho nitro benzene ring substituents is 1. The second-order valence-electron chi connectivity index (χ2n) is 5.19. The number of hydrogen-bond donors (Lipinski definition) is 0. The van der Waals surface area contributed by atoms with Crippen molar-refractivity contribution in [3.63, 3.8) is 0 Å². The Morgan fingerprint density at radius 3 is 2.72 bits per heavy atom. The van der Waals surface area contributed by atoms with Gasteiger partial charge in [0.1, 0.15) is 6.33 Å². The van der Waals surface area contributed by atoms with Crippen molar-refractivity contribution in [2.45, 2.75) is 6.92 Å². The van der Waals surface area contributed by atoms with E-state index in [1.165, 1.54) is 24.5 Å². The zero-order valence-electron chi connectivity index (χ0n) is 13.5. The van der Waals surface area contributed by atoms with E-state index in [-0.39, 0.29) is 12.3 Å². The summed E-state index contributed by atoms with van der Waals surface area (Å²) in [7, 11) is 0. The number of hydrogen-bond acceptors (Lipinski definition) is 5. The molecular formula is C18H15N3O4. The van der Waals surface area contributed by atoms with Gasteiger partial charge in [-0.25, -0.2) is 9.78 Å². The molecule has 25 heavy (non-hydrogen) atoms. The van der Waals surface area contributed by atoms with E-state index in [1.54, 1.807) is 17.6 Å². The van der Waals surface area contributed by atoms with Crippen LogP contribution in [0.15, 0.2) is 60.9 Å². The van der Waals surface area contributed by atoms with Crippen LogP contribution in [0.5, 0.6) is 0 Å². The van der Waals surface area contributed by atoms with Gasteiger partial charge in [0.25, 0.3) is 5.69 Å². The van der Waals surface area contributed by atoms with Crippen LogP contribution in [-0.2, 0) is 9.53 Å². The van der Waals surface area contributed by atoms with Crippen molar-refractivity contribution in [1.82, 2.24) is 9.55 Å². The predicted octanol–water partition coefficient (Wildman–Crippen LogP) is 3.40. The van der Waals surface area contributed by atoms with E-state index < -0.39 is 10.9 Å². The van der Waals surface area contributed by atoms with Gasteiger partial charge in [-0.2, -0.15) is 0 Å². The average Bonchev–Trinajstić information content (AvgIpc) is 3.03. The number of aromatic nitrogens is 2. The lowest BCUT2D eigenvalue weighted by Crippen LogP contribution is -2.05. The number of carbonyl (C=O) groups is 1. The van der Waals surface area contributed by atoms with Gasteiger partial charge in [-0.05, 0) is 18.6 Å². The summed E-state index contributed by atoms with van der Waals surface area (Å²) >= 11 is 0.